The third kappa shape index (κ3) is 3.47. The van der Waals surface area contributed by atoms with Gasteiger partial charge in [0.2, 0.25) is 0 Å². The average Bonchev–Trinajstić information content (AvgIpc) is 3.08. The number of tetrazole rings is 1. The highest BCUT2D eigenvalue weighted by Crippen LogP contribution is 2.32. The first-order valence-corrected chi connectivity index (χ1v) is 6.52. The molecule has 0 bridgehead atoms. The normalized spacial score (nSPS) is 10.8. The Balaban J connectivity index is 1.75. The van der Waals surface area contributed by atoms with Crippen LogP contribution in [0.5, 0.6) is 17.5 Å². The molecule has 0 atom stereocenters. The summed E-state index contributed by atoms with van der Waals surface area (Å²) in [5, 5.41) is 41.0. The van der Waals surface area contributed by atoms with Crippen molar-refractivity contribution in [1.29, 1.82) is 0 Å². The van der Waals surface area contributed by atoms with Crippen LogP contribution in [0.3, 0.4) is 0 Å². The van der Waals surface area contributed by atoms with E-state index in [4.69, 9.17) is 4.74 Å². The van der Waals surface area contributed by atoms with Crippen LogP contribution < -0.4 is 4.74 Å². The molecule has 0 unspecified atom stereocenters. The molecule has 0 saturated heterocycles. The van der Waals surface area contributed by atoms with Crippen molar-refractivity contribution < 1.29 is 14.8 Å². The van der Waals surface area contributed by atoms with Crippen LogP contribution >= 0.6 is 0 Å². The number of non-ortho nitro benzene ring substituents is 1. The molecule has 0 aliphatic heterocycles. The molecule has 2 aromatic carbocycles. The molecular formula is C13H9N7O4. The molecule has 11 heteroatoms. The molecule has 11 nitrogen and oxygen atoms in total. The Morgan fingerprint density at radius 2 is 1.96 bits per heavy atom. The van der Waals surface area contributed by atoms with E-state index in [0.29, 0.717) is 11.4 Å². The lowest BCUT2D eigenvalue weighted by Gasteiger charge is -2.00. The first kappa shape index (κ1) is 15.0. The van der Waals surface area contributed by atoms with Gasteiger partial charge in [0.1, 0.15) is 17.2 Å². The highest BCUT2D eigenvalue weighted by atomic mass is 16.6. The number of azo groups is 1. The maximum Gasteiger partial charge on any atom is 0.361 e. The van der Waals surface area contributed by atoms with Gasteiger partial charge in [0, 0.05) is 12.1 Å². The van der Waals surface area contributed by atoms with Gasteiger partial charge in [-0.05, 0) is 35.5 Å². The summed E-state index contributed by atoms with van der Waals surface area (Å²) in [7, 11) is 0. The number of nitro benzene ring substituents is 1. The minimum atomic E-state index is -0.581. The lowest BCUT2D eigenvalue weighted by molar-refractivity contribution is -0.384. The van der Waals surface area contributed by atoms with Crippen molar-refractivity contribution in [2.45, 2.75) is 0 Å². The number of nitrogens with one attached hydrogen (secondary N) is 1. The summed E-state index contributed by atoms with van der Waals surface area (Å²) in [6.45, 7) is 0. The largest absolute Gasteiger partial charge is 0.506 e. The van der Waals surface area contributed by atoms with E-state index < -0.39 is 4.92 Å². The molecule has 1 heterocycles. The molecule has 0 radical (unpaired) electrons. The zero-order valence-corrected chi connectivity index (χ0v) is 11.9. The zero-order chi connectivity index (χ0) is 16.9. The van der Waals surface area contributed by atoms with Crippen LogP contribution in [-0.4, -0.2) is 30.7 Å². The fraction of sp³-hybridized carbons (Fsp3) is 0. The molecule has 1 aromatic heterocycles. The lowest BCUT2D eigenvalue weighted by Crippen LogP contribution is -1.86. The highest BCUT2D eigenvalue weighted by molar-refractivity contribution is 5.57. The summed E-state index contributed by atoms with van der Waals surface area (Å²) in [5.74, 6) is 0.259. The Kier molecular flexibility index (Phi) is 4.05. The van der Waals surface area contributed by atoms with E-state index in [1.807, 2.05) is 0 Å². The Morgan fingerprint density at radius 1 is 1.17 bits per heavy atom. The Bertz CT molecular complexity index is 878. The average molecular weight is 327 g/mol. The number of aromatic hydroxyl groups is 1. The zero-order valence-electron chi connectivity index (χ0n) is 11.9. The molecule has 0 spiro atoms. The maximum absolute atomic E-state index is 10.7. The van der Waals surface area contributed by atoms with Crippen LogP contribution in [0.15, 0.2) is 52.7 Å². The predicted octanol–water partition coefficient (Wildman–Crippen LogP) is 3.02. The molecule has 24 heavy (non-hydrogen) atoms. The molecule has 0 aliphatic rings. The summed E-state index contributed by atoms with van der Waals surface area (Å²) in [4.78, 5) is 10.1. The Labute approximate surface area is 133 Å². The summed E-state index contributed by atoms with van der Waals surface area (Å²) >= 11 is 0. The van der Waals surface area contributed by atoms with E-state index in [0.717, 1.165) is 6.07 Å². The molecule has 120 valence electrons. The third-order valence-electron chi connectivity index (χ3n) is 2.81. The highest BCUT2D eigenvalue weighted by Gasteiger charge is 2.09. The molecule has 3 rings (SSSR count). The van der Waals surface area contributed by atoms with E-state index in [9.17, 15) is 15.2 Å². The number of nitrogens with zero attached hydrogens (tertiary/aromatic N) is 6. The van der Waals surface area contributed by atoms with Gasteiger partial charge in [-0.3, -0.25) is 10.1 Å². The number of hydrogen-bond acceptors (Lipinski definition) is 9. The molecule has 0 saturated carbocycles. The first-order chi connectivity index (χ1) is 11.6. The maximum atomic E-state index is 10.7. The van der Waals surface area contributed by atoms with Crippen LogP contribution in [0.2, 0.25) is 0 Å². The van der Waals surface area contributed by atoms with Crippen LogP contribution in [0.1, 0.15) is 0 Å². The van der Waals surface area contributed by atoms with Crippen molar-refractivity contribution in [3.05, 3.63) is 52.6 Å². The van der Waals surface area contributed by atoms with E-state index in [1.54, 1.807) is 24.3 Å². The Hall–Kier alpha value is -3.89. The summed E-state index contributed by atoms with van der Waals surface area (Å²) in [6, 6.07) is 10.0. The SMILES string of the molecule is O=[N+]([O-])c1ccc(O)c(N=Nc2ccc(Oc3nn[nH]n3)cc2)c1. The minimum absolute atomic E-state index is 0.00340. The summed E-state index contributed by atoms with van der Waals surface area (Å²) in [5.41, 5.74) is 0.267. The molecular weight excluding hydrogens is 318 g/mol. The van der Waals surface area contributed by atoms with Crippen molar-refractivity contribution >= 4 is 17.1 Å². The van der Waals surface area contributed by atoms with Crippen LogP contribution in [0, 0.1) is 10.1 Å². The number of benzene rings is 2. The van der Waals surface area contributed by atoms with Crippen LogP contribution in [-0.2, 0) is 0 Å². The van der Waals surface area contributed by atoms with Gasteiger partial charge in [-0.15, -0.1) is 5.11 Å². The number of aromatic amines is 1. The molecule has 0 amide bonds. The summed E-state index contributed by atoms with van der Waals surface area (Å²) < 4.78 is 5.29. The van der Waals surface area contributed by atoms with Crippen molar-refractivity contribution in [2.24, 2.45) is 10.2 Å². The van der Waals surface area contributed by atoms with E-state index in [1.165, 1.54) is 12.1 Å². The van der Waals surface area contributed by atoms with E-state index >= 15 is 0 Å². The fourth-order valence-electron chi connectivity index (χ4n) is 1.70. The first-order valence-electron chi connectivity index (χ1n) is 6.52. The van der Waals surface area contributed by atoms with Gasteiger partial charge in [0.05, 0.1) is 10.6 Å². The van der Waals surface area contributed by atoms with Crippen molar-refractivity contribution in [2.75, 3.05) is 0 Å². The smallest absolute Gasteiger partial charge is 0.361 e. The van der Waals surface area contributed by atoms with Gasteiger partial charge in [-0.25, -0.2) is 0 Å². The number of H-pyrrole nitrogens is 1. The van der Waals surface area contributed by atoms with Crippen molar-refractivity contribution in [1.82, 2.24) is 20.6 Å². The monoisotopic (exact) mass is 327 g/mol. The molecule has 0 fully saturated rings. The lowest BCUT2D eigenvalue weighted by atomic mass is 10.2. The topological polar surface area (TPSA) is 152 Å². The number of aromatic nitrogens is 4. The number of ether oxygens (including phenoxy) is 1. The van der Waals surface area contributed by atoms with Crippen molar-refractivity contribution in [3.63, 3.8) is 0 Å². The van der Waals surface area contributed by atoms with Crippen LogP contribution in [0.25, 0.3) is 0 Å². The number of phenolic OH excluding ortho intramolecular Hbond substituents is 1. The van der Waals surface area contributed by atoms with Gasteiger partial charge in [-0.2, -0.15) is 10.3 Å². The second-order valence-corrected chi connectivity index (χ2v) is 4.42. The Morgan fingerprint density at radius 3 is 2.62 bits per heavy atom. The molecule has 0 aliphatic carbocycles. The minimum Gasteiger partial charge on any atom is -0.506 e. The number of phenols is 1. The van der Waals surface area contributed by atoms with Crippen molar-refractivity contribution in [3.8, 4) is 17.5 Å². The second-order valence-electron chi connectivity index (χ2n) is 4.42. The van der Waals surface area contributed by atoms with Gasteiger partial charge in [-0.1, -0.05) is 10.2 Å². The molecule has 2 N–H and O–H groups in total. The van der Waals surface area contributed by atoms with Crippen LogP contribution in [0.4, 0.5) is 17.1 Å². The second kappa shape index (κ2) is 6.48. The predicted molar refractivity (Wildman–Crippen MR) is 79.6 cm³/mol. The van der Waals surface area contributed by atoms with Gasteiger partial charge in [0.15, 0.2) is 0 Å². The quantitative estimate of drug-likeness (QED) is 0.415. The summed E-state index contributed by atoms with van der Waals surface area (Å²) in [6.07, 6.45) is 0. The number of nitro groups is 1. The van der Waals surface area contributed by atoms with Gasteiger partial charge in [0.25, 0.3) is 5.69 Å². The fourth-order valence-corrected chi connectivity index (χ4v) is 1.70. The molecule has 3 aromatic rings. The van der Waals surface area contributed by atoms with E-state index in [-0.39, 0.29) is 23.1 Å². The standard InChI is InChI=1S/C13H9N7O4/c21-12-6-3-9(20(22)23)7-11(12)15-14-8-1-4-10(5-2-8)24-13-16-18-19-17-13/h1-7,21H,(H,16,17,18,19). The van der Waals surface area contributed by atoms with Gasteiger partial charge < -0.3 is 9.84 Å². The number of rotatable bonds is 5. The van der Waals surface area contributed by atoms with E-state index in [2.05, 4.69) is 30.9 Å². The third-order valence-corrected chi connectivity index (χ3v) is 2.81. The number of hydrogen-bond donors (Lipinski definition) is 2. The van der Waals surface area contributed by atoms with Gasteiger partial charge >= 0.3 is 6.01 Å².